The quantitative estimate of drug-likeness (QED) is 0.678. The van der Waals surface area contributed by atoms with E-state index >= 15 is 0 Å². The molecule has 0 heterocycles. The highest BCUT2D eigenvalue weighted by molar-refractivity contribution is 5.93. The Kier molecular flexibility index (Phi) is 7.69. The van der Waals surface area contributed by atoms with Gasteiger partial charge in [-0.15, -0.1) is 0 Å². The minimum atomic E-state index is -0.0956. The maximum absolute atomic E-state index is 11.8. The van der Waals surface area contributed by atoms with Gasteiger partial charge in [0, 0.05) is 13.7 Å². The minimum absolute atomic E-state index is 0.0956. The zero-order chi connectivity index (χ0) is 14.8. The van der Waals surface area contributed by atoms with Crippen molar-refractivity contribution in [1.82, 2.24) is 5.32 Å². The predicted octanol–water partition coefficient (Wildman–Crippen LogP) is 1.90. The van der Waals surface area contributed by atoms with Gasteiger partial charge in [-0.1, -0.05) is 26.0 Å². The lowest BCUT2D eigenvalue weighted by Crippen LogP contribution is -2.30. The van der Waals surface area contributed by atoms with Gasteiger partial charge in [-0.2, -0.15) is 0 Å². The van der Waals surface area contributed by atoms with Gasteiger partial charge in [0.25, 0.3) is 0 Å². The second-order valence-electron chi connectivity index (χ2n) is 4.92. The van der Waals surface area contributed by atoms with Crippen molar-refractivity contribution in [2.24, 2.45) is 5.92 Å². The molecule has 0 aliphatic rings. The van der Waals surface area contributed by atoms with Gasteiger partial charge in [-0.25, -0.2) is 0 Å². The molecule has 2 N–H and O–H groups in total. The Bertz CT molecular complexity index is 408. The van der Waals surface area contributed by atoms with Crippen LogP contribution in [-0.4, -0.2) is 39.3 Å². The molecule has 0 aromatic heterocycles. The van der Waals surface area contributed by atoms with Crippen LogP contribution < -0.4 is 15.4 Å². The molecule has 1 aromatic carbocycles. The molecule has 0 bridgehead atoms. The third-order valence-corrected chi connectivity index (χ3v) is 2.50. The number of ether oxygens (including phenoxy) is 2. The second kappa shape index (κ2) is 9.34. The molecule has 5 heteroatoms. The normalized spacial score (nSPS) is 10.6. The van der Waals surface area contributed by atoms with Gasteiger partial charge in [-0.05, 0) is 18.1 Å². The highest BCUT2D eigenvalue weighted by Crippen LogP contribution is 2.24. The first kappa shape index (κ1) is 16.5. The molecule has 1 amide bonds. The van der Waals surface area contributed by atoms with E-state index in [9.17, 15) is 4.79 Å². The fraction of sp³-hybridized carbons (Fsp3) is 0.533. The molecule has 112 valence electrons. The van der Waals surface area contributed by atoms with Crippen LogP contribution in [0.25, 0.3) is 0 Å². The Balaban J connectivity index is 2.47. The number of benzene rings is 1. The first-order valence-electron chi connectivity index (χ1n) is 6.84. The van der Waals surface area contributed by atoms with E-state index in [-0.39, 0.29) is 12.5 Å². The molecule has 0 aliphatic carbocycles. The molecule has 0 saturated heterocycles. The summed E-state index contributed by atoms with van der Waals surface area (Å²) in [5.74, 6) is 1.04. The predicted molar refractivity (Wildman–Crippen MR) is 80.2 cm³/mol. The van der Waals surface area contributed by atoms with Crippen LogP contribution in [0.3, 0.4) is 0 Å². The van der Waals surface area contributed by atoms with Crippen LogP contribution in [0.15, 0.2) is 24.3 Å². The van der Waals surface area contributed by atoms with Crippen LogP contribution in [0.4, 0.5) is 5.69 Å². The number of methoxy groups -OCH3 is 1. The van der Waals surface area contributed by atoms with E-state index in [1.165, 1.54) is 0 Å². The van der Waals surface area contributed by atoms with Crippen molar-refractivity contribution in [2.75, 3.05) is 38.7 Å². The number of nitrogens with one attached hydrogen (secondary N) is 2. The average Bonchev–Trinajstić information content (AvgIpc) is 2.42. The molecule has 1 aromatic rings. The summed E-state index contributed by atoms with van der Waals surface area (Å²) in [6.07, 6.45) is 0. The first-order valence-corrected chi connectivity index (χ1v) is 6.84. The summed E-state index contributed by atoms with van der Waals surface area (Å²) in [4.78, 5) is 11.8. The molecular weight excluding hydrogens is 256 g/mol. The third kappa shape index (κ3) is 6.54. The number of anilines is 1. The maximum atomic E-state index is 11.8. The lowest BCUT2D eigenvalue weighted by molar-refractivity contribution is -0.115. The number of amides is 1. The number of carbonyl (C=O) groups is 1. The highest BCUT2D eigenvalue weighted by Gasteiger charge is 2.07. The summed E-state index contributed by atoms with van der Waals surface area (Å²) in [6, 6.07) is 7.46. The van der Waals surface area contributed by atoms with E-state index < -0.39 is 0 Å². The number of para-hydroxylation sites is 2. The molecule has 0 saturated carbocycles. The van der Waals surface area contributed by atoms with Gasteiger partial charge in [0.05, 0.1) is 25.4 Å². The van der Waals surface area contributed by atoms with E-state index in [4.69, 9.17) is 9.47 Å². The van der Waals surface area contributed by atoms with Crippen molar-refractivity contribution in [3.8, 4) is 5.75 Å². The minimum Gasteiger partial charge on any atom is -0.491 e. The maximum Gasteiger partial charge on any atom is 0.238 e. The monoisotopic (exact) mass is 280 g/mol. The Hall–Kier alpha value is -1.59. The van der Waals surface area contributed by atoms with Crippen molar-refractivity contribution in [3.63, 3.8) is 0 Å². The van der Waals surface area contributed by atoms with Crippen molar-refractivity contribution >= 4 is 11.6 Å². The Morgan fingerprint density at radius 1 is 1.30 bits per heavy atom. The zero-order valence-corrected chi connectivity index (χ0v) is 12.4. The van der Waals surface area contributed by atoms with Crippen LogP contribution in [0.2, 0.25) is 0 Å². The molecule has 0 spiro atoms. The molecule has 5 nitrogen and oxygen atoms in total. The average molecular weight is 280 g/mol. The number of carbonyl (C=O) groups excluding carboxylic acids is 1. The molecule has 1 rings (SSSR count). The van der Waals surface area contributed by atoms with Crippen molar-refractivity contribution in [1.29, 1.82) is 0 Å². The standard InChI is InChI=1S/C15H24N2O3/c1-12(2)11-20-14-7-5-4-6-13(14)17-15(18)10-16-8-9-19-3/h4-7,12,16H,8-11H2,1-3H3,(H,17,18). The molecule has 0 fully saturated rings. The van der Waals surface area contributed by atoms with Gasteiger partial charge in [0.2, 0.25) is 5.91 Å². The summed E-state index contributed by atoms with van der Waals surface area (Å²) in [5, 5.41) is 5.84. The topological polar surface area (TPSA) is 59.6 Å². The summed E-state index contributed by atoms with van der Waals surface area (Å²) >= 11 is 0. The molecular formula is C15H24N2O3. The Morgan fingerprint density at radius 2 is 2.05 bits per heavy atom. The zero-order valence-electron chi connectivity index (χ0n) is 12.4. The van der Waals surface area contributed by atoms with E-state index in [1.807, 2.05) is 24.3 Å². The van der Waals surface area contributed by atoms with Crippen molar-refractivity contribution in [3.05, 3.63) is 24.3 Å². The first-order chi connectivity index (χ1) is 9.63. The lowest BCUT2D eigenvalue weighted by Gasteiger charge is -2.14. The number of hydrogen-bond donors (Lipinski definition) is 2. The summed E-state index contributed by atoms with van der Waals surface area (Å²) in [6.45, 7) is 6.28. The Morgan fingerprint density at radius 3 is 2.75 bits per heavy atom. The molecule has 0 aliphatic heterocycles. The van der Waals surface area contributed by atoms with E-state index in [0.29, 0.717) is 37.1 Å². The van der Waals surface area contributed by atoms with Gasteiger partial charge in [0.1, 0.15) is 5.75 Å². The largest absolute Gasteiger partial charge is 0.491 e. The van der Waals surface area contributed by atoms with Gasteiger partial charge < -0.3 is 20.1 Å². The van der Waals surface area contributed by atoms with Crippen LogP contribution >= 0.6 is 0 Å². The summed E-state index contributed by atoms with van der Waals surface area (Å²) in [5.41, 5.74) is 0.701. The molecule has 0 unspecified atom stereocenters. The number of rotatable bonds is 9. The van der Waals surface area contributed by atoms with E-state index in [0.717, 1.165) is 0 Å². The van der Waals surface area contributed by atoms with Crippen LogP contribution in [0, 0.1) is 5.92 Å². The fourth-order valence-electron chi connectivity index (χ4n) is 1.52. The van der Waals surface area contributed by atoms with E-state index in [2.05, 4.69) is 24.5 Å². The van der Waals surface area contributed by atoms with Gasteiger partial charge in [0.15, 0.2) is 0 Å². The van der Waals surface area contributed by atoms with Crippen LogP contribution in [-0.2, 0) is 9.53 Å². The van der Waals surface area contributed by atoms with Crippen LogP contribution in [0.1, 0.15) is 13.8 Å². The number of hydrogen-bond acceptors (Lipinski definition) is 4. The Labute approximate surface area is 120 Å². The molecule has 20 heavy (non-hydrogen) atoms. The SMILES string of the molecule is COCCNCC(=O)Nc1ccccc1OCC(C)C. The van der Waals surface area contributed by atoms with Crippen molar-refractivity contribution < 1.29 is 14.3 Å². The molecule has 0 atom stereocenters. The fourth-order valence-corrected chi connectivity index (χ4v) is 1.52. The van der Waals surface area contributed by atoms with Gasteiger partial charge >= 0.3 is 0 Å². The second-order valence-corrected chi connectivity index (χ2v) is 4.92. The smallest absolute Gasteiger partial charge is 0.238 e. The van der Waals surface area contributed by atoms with Gasteiger partial charge in [-0.3, -0.25) is 4.79 Å². The summed E-state index contributed by atoms with van der Waals surface area (Å²) in [7, 11) is 1.63. The van der Waals surface area contributed by atoms with Crippen LogP contribution in [0.5, 0.6) is 5.75 Å². The van der Waals surface area contributed by atoms with Crippen molar-refractivity contribution in [2.45, 2.75) is 13.8 Å². The summed E-state index contributed by atoms with van der Waals surface area (Å²) < 4.78 is 10.6. The lowest BCUT2D eigenvalue weighted by atomic mass is 10.2. The molecule has 0 radical (unpaired) electrons. The highest BCUT2D eigenvalue weighted by atomic mass is 16.5. The third-order valence-electron chi connectivity index (χ3n) is 2.50. The van der Waals surface area contributed by atoms with E-state index in [1.54, 1.807) is 7.11 Å².